The van der Waals surface area contributed by atoms with E-state index >= 15 is 0 Å². The molecule has 0 unspecified atom stereocenters. The van der Waals surface area contributed by atoms with E-state index in [0.29, 0.717) is 28.8 Å². The van der Waals surface area contributed by atoms with Gasteiger partial charge in [0.2, 0.25) is 12.7 Å². The molecule has 0 saturated heterocycles. The van der Waals surface area contributed by atoms with Crippen molar-refractivity contribution in [1.82, 2.24) is 5.16 Å². The zero-order valence-electron chi connectivity index (χ0n) is 10.8. The van der Waals surface area contributed by atoms with Crippen molar-refractivity contribution in [2.75, 3.05) is 24.0 Å². The quantitative estimate of drug-likeness (QED) is 0.884. The molecule has 0 saturated carbocycles. The van der Waals surface area contributed by atoms with Gasteiger partial charge in [-0.1, -0.05) is 5.16 Å². The van der Waals surface area contributed by atoms with Gasteiger partial charge in [0, 0.05) is 17.8 Å². The number of aromatic nitrogens is 1. The molecule has 7 heteroatoms. The van der Waals surface area contributed by atoms with Gasteiger partial charge in [0.05, 0.1) is 6.54 Å². The molecule has 0 spiro atoms. The second kappa shape index (κ2) is 5.12. The first-order chi connectivity index (χ1) is 9.70. The number of ether oxygens (including phenoxy) is 2. The molecule has 104 valence electrons. The van der Waals surface area contributed by atoms with E-state index in [4.69, 9.17) is 14.0 Å². The maximum absolute atomic E-state index is 11.8. The third kappa shape index (κ3) is 2.66. The summed E-state index contributed by atoms with van der Waals surface area (Å²) in [7, 11) is 0. The van der Waals surface area contributed by atoms with Gasteiger partial charge in [0.15, 0.2) is 17.3 Å². The molecule has 0 fully saturated rings. The van der Waals surface area contributed by atoms with Crippen molar-refractivity contribution in [2.45, 2.75) is 6.92 Å². The van der Waals surface area contributed by atoms with E-state index in [1.807, 2.05) is 0 Å². The van der Waals surface area contributed by atoms with Gasteiger partial charge in [-0.2, -0.15) is 0 Å². The average molecular weight is 275 g/mol. The molecule has 2 N–H and O–H groups in total. The Labute approximate surface area is 114 Å². The molecule has 3 rings (SSSR count). The Balaban J connectivity index is 1.56. The molecule has 0 atom stereocenters. The number of carbonyl (C=O) groups is 1. The molecule has 2 heterocycles. The molecule has 2 aromatic rings. The highest BCUT2D eigenvalue weighted by molar-refractivity contribution is 5.93. The van der Waals surface area contributed by atoms with Crippen LogP contribution in [0.25, 0.3) is 0 Å². The summed E-state index contributed by atoms with van der Waals surface area (Å²) in [5, 5.41) is 9.36. The minimum atomic E-state index is -0.190. The Kier molecular flexibility index (Phi) is 3.16. The zero-order valence-corrected chi connectivity index (χ0v) is 10.8. The summed E-state index contributed by atoms with van der Waals surface area (Å²) in [5.41, 5.74) is 0.650. The number of hydrogen-bond acceptors (Lipinski definition) is 6. The lowest BCUT2D eigenvalue weighted by Gasteiger charge is -2.06. The zero-order chi connectivity index (χ0) is 13.9. The van der Waals surface area contributed by atoms with Crippen molar-refractivity contribution in [2.24, 2.45) is 0 Å². The fraction of sp³-hybridized carbons (Fsp3) is 0.231. The van der Waals surface area contributed by atoms with E-state index in [0.717, 1.165) is 0 Å². The molecule has 1 aliphatic heterocycles. The molecule has 0 radical (unpaired) electrons. The summed E-state index contributed by atoms with van der Waals surface area (Å²) in [6.07, 6.45) is 0. The molecular formula is C13H13N3O4. The summed E-state index contributed by atoms with van der Waals surface area (Å²) in [4.78, 5) is 11.8. The van der Waals surface area contributed by atoms with Gasteiger partial charge in [0.1, 0.15) is 5.76 Å². The largest absolute Gasteiger partial charge is 0.454 e. The topological polar surface area (TPSA) is 85.6 Å². The highest BCUT2D eigenvalue weighted by Gasteiger charge is 2.14. The van der Waals surface area contributed by atoms with Crippen molar-refractivity contribution >= 4 is 17.4 Å². The Bertz CT molecular complexity index is 638. The van der Waals surface area contributed by atoms with Crippen molar-refractivity contribution in [3.8, 4) is 11.5 Å². The van der Waals surface area contributed by atoms with Crippen LogP contribution < -0.4 is 20.1 Å². The van der Waals surface area contributed by atoms with Gasteiger partial charge in [-0.3, -0.25) is 4.79 Å². The number of fused-ring (bicyclic) bond motifs is 1. The minimum absolute atomic E-state index is 0.0976. The summed E-state index contributed by atoms with van der Waals surface area (Å²) < 4.78 is 15.3. The van der Waals surface area contributed by atoms with Gasteiger partial charge >= 0.3 is 0 Å². The minimum Gasteiger partial charge on any atom is -0.454 e. The van der Waals surface area contributed by atoms with Crippen LogP contribution in [0, 0.1) is 6.92 Å². The molecule has 1 aliphatic rings. The average Bonchev–Trinajstić information content (AvgIpc) is 3.04. The fourth-order valence-corrected chi connectivity index (χ4v) is 1.80. The van der Waals surface area contributed by atoms with Crippen molar-refractivity contribution < 1.29 is 18.8 Å². The van der Waals surface area contributed by atoms with Crippen molar-refractivity contribution in [1.29, 1.82) is 0 Å². The van der Waals surface area contributed by atoms with E-state index in [1.54, 1.807) is 31.2 Å². The Morgan fingerprint density at radius 1 is 1.30 bits per heavy atom. The van der Waals surface area contributed by atoms with E-state index in [9.17, 15) is 4.79 Å². The number of nitrogens with zero attached hydrogens (tertiary/aromatic N) is 1. The second-order valence-electron chi connectivity index (χ2n) is 4.29. The number of carbonyl (C=O) groups excluding carboxylic acids is 1. The van der Waals surface area contributed by atoms with Gasteiger partial charge in [-0.05, 0) is 19.1 Å². The van der Waals surface area contributed by atoms with E-state index in [1.165, 1.54) is 0 Å². The number of aryl methyl sites for hydroxylation is 1. The van der Waals surface area contributed by atoms with Crippen LogP contribution in [0.1, 0.15) is 5.76 Å². The summed E-state index contributed by atoms with van der Waals surface area (Å²) in [6.45, 7) is 2.09. The van der Waals surface area contributed by atoms with Gasteiger partial charge in [-0.25, -0.2) is 0 Å². The smallest absolute Gasteiger partial charge is 0.243 e. The Morgan fingerprint density at radius 2 is 2.15 bits per heavy atom. The summed E-state index contributed by atoms with van der Waals surface area (Å²) in [5.74, 6) is 2.33. The standard InChI is InChI=1S/C13H13N3O4/c1-8-4-12(16-20-8)14-6-13(17)15-9-2-3-10-11(5-9)19-7-18-10/h2-5H,6-7H2,1H3,(H,14,16)(H,15,17). The molecule has 1 amide bonds. The molecule has 20 heavy (non-hydrogen) atoms. The fourth-order valence-electron chi connectivity index (χ4n) is 1.80. The van der Waals surface area contributed by atoms with E-state index < -0.39 is 0 Å². The monoisotopic (exact) mass is 275 g/mol. The van der Waals surface area contributed by atoms with Crippen LogP contribution in [0.4, 0.5) is 11.5 Å². The number of benzene rings is 1. The highest BCUT2D eigenvalue weighted by atomic mass is 16.7. The first kappa shape index (κ1) is 12.3. The number of hydrogen-bond donors (Lipinski definition) is 2. The molecular weight excluding hydrogens is 262 g/mol. The van der Waals surface area contributed by atoms with Crippen LogP contribution in [-0.4, -0.2) is 24.4 Å². The number of nitrogens with one attached hydrogen (secondary N) is 2. The van der Waals surface area contributed by atoms with Crippen LogP contribution in [0.3, 0.4) is 0 Å². The maximum Gasteiger partial charge on any atom is 0.243 e. The molecule has 1 aromatic carbocycles. The van der Waals surface area contributed by atoms with Gasteiger partial charge in [-0.15, -0.1) is 0 Å². The van der Waals surface area contributed by atoms with Crippen LogP contribution in [0.2, 0.25) is 0 Å². The highest BCUT2D eigenvalue weighted by Crippen LogP contribution is 2.34. The van der Waals surface area contributed by atoms with Gasteiger partial charge in [0.25, 0.3) is 0 Å². The second-order valence-corrected chi connectivity index (χ2v) is 4.29. The lowest BCUT2D eigenvalue weighted by atomic mass is 10.3. The predicted octanol–water partition coefficient (Wildman–Crippen LogP) is 1.76. The maximum atomic E-state index is 11.8. The third-order valence-corrected chi connectivity index (χ3v) is 2.71. The predicted molar refractivity (Wildman–Crippen MR) is 70.9 cm³/mol. The normalized spacial score (nSPS) is 12.2. The Hall–Kier alpha value is -2.70. The Morgan fingerprint density at radius 3 is 2.95 bits per heavy atom. The third-order valence-electron chi connectivity index (χ3n) is 2.71. The lowest BCUT2D eigenvalue weighted by molar-refractivity contribution is -0.114. The SMILES string of the molecule is Cc1cc(NCC(=O)Nc2ccc3c(c2)OCO3)no1. The molecule has 0 aliphatic carbocycles. The van der Waals surface area contributed by atoms with E-state index in [2.05, 4.69) is 15.8 Å². The molecule has 0 bridgehead atoms. The van der Waals surface area contributed by atoms with Crippen molar-refractivity contribution in [3.05, 3.63) is 30.0 Å². The summed E-state index contributed by atoms with van der Waals surface area (Å²) in [6, 6.07) is 6.95. The van der Waals surface area contributed by atoms with Crippen molar-refractivity contribution in [3.63, 3.8) is 0 Å². The summed E-state index contributed by atoms with van der Waals surface area (Å²) >= 11 is 0. The van der Waals surface area contributed by atoms with Crippen LogP contribution in [-0.2, 0) is 4.79 Å². The number of amides is 1. The molecule has 7 nitrogen and oxygen atoms in total. The number of rotatable bonds is 4. The van der Waals surface area contributed by atoms with Gasteiger partial charge < -0.3 is 24.6 Å². The first-order valence-electron chi connectivity index (χ1n) is 6.07. The lowest BCUT2D eigenvalue weighted by Crippen LogP contribution is -2.21. The number of anilines is 2. The first-order valence-corrected chi connectivity index (χ1v) is 6.07. The van der Waals surface area contributed by atoms with Crippen LogP contribution in [0.5, 0.6) is 11.5 Å². The van der Waals surface area contributed by atoms with E-state index in [-0.39, 0.29) is 19.2 Å². The van der Waals surface area contributed by atoms with Crippen LogP contribution >= 0.6 is 0 Å². The van der Waals surface area contributed by atoms with Crippen LogP contribution in [0.15, 0.2) is 28.8 Å². The molecule has 1 aromatic heterocycles.